The summed E-state index contributed by atoms with van der Waals surface area (Å²) >= 11 is 0. The predicted octanol–water partition coefficient (Wildman–Crippen LogP) is 3.41. The molecule has 0 saturated carbocycles. The van der Waals surface area contributed by atoms with Crippen LogP contribution in [0.4, 0.5) is 0 Å². The Morgan fingerprint density at radius 1 is 1.14 bits per heavy atom. The van der Waals surface area contributed by atoms with Crippen LogP contribution in [-0.4, -0.2) is 10.5 Å². The molecule has 0 N–H and O–H groups in total. The van der Waals surface area contributed by atoms with Crippen LogP contribution in [0.2, 0.25) is 0 Å². The molecule has 0 aliphatic carbocycles. The molecule has 3 rings (SSSR count). The molecule has 2 aromatic carbocycles. The van der Waals surface area contributed by atoms with Crippen molar-refractivity contribution in [2.45, 2.75) is 0 Å². The maximum absolute atomic E-state index is 11.4. The van der Waals surface area contributed by atoms with Gasteiger partial charge in [-0.2, -0.15) is 5.26 Å². The Bertz CT molecular complexity index is 903. The Morgan fingerprint density at radius 2 is 2.00 bits per heavy atom. The summed E-state index contributed by atoms with van der Waals surface area (Å²) in [5.41, 5.74) is 2.51. The molecular formula is C16H9N3O2. The summed E-state index contributed by atoms with van der Waals surface area (Å²) in [5.74, 6) is -0.792. The zero-order chi connectivity index (χ0) is 14.8. The molecule has 0 bridgehead atoms. The van der Waals surface area contributed by atoms with Crippen molar-refractivity contribution in [2.24, 2.45) is 5.18 Å². The number of nitrogens with zero attached hydrogens (tertiary/aromatic N) is 3. The molecule has 0 saturated heterocycles. The van der Waals surface area contributed by atoms with Gasteiger partial charge in [-0.1, -0.05) is 6.07 Å². The maximum atomic E-state index is 11.4. The summed E-state index contributed by atoms with van der Waals surface area (Å²) in [5, 5.41) is 12.3. The van der Waals surface area contributed by atoms with Gasteiger partial charge < -0.3 is 4.57 Å². The lowest BCUT2D eigenvalue weighted by molar-refractivity contribution is 0.100. The van der Waals surface area contributed by atoms with E-state index in [0.29, 0.717) is 5.56 Å². The van der Waals surface area contributed by atoms with Crippen molar-refractivity contribution in [3.05, 3.63) is 70.8 Å². The van der Waals surface area contributed by atoms with Gasteiger partial charge >= 0.3 is 5.91 Å². The summed E-state index contributed by atoms with van der Waals surface area (Å²) < 4.78 is 1.89. The van der Waals surface area contributed by atoms with Gasteiger partial charge in [0.15, 0.2) is 0 Å². The summed E-state index contributed by atoms with van der Waals surface area (Å²) in [7, 11) is 0. The molecule has 1 amide bonds. The Labute approximate surface area is 120 Å². The number of carbonyl (C=O) groups is 1. The zero-order valence-electron chi connectivity index (χ0n) is 10.9. The molecule has 1 heterocycles. The number of nitriles is 1. The maximum Gasteiger partial charge on any atom is 0.316 e. The lowest BCUT2D eigenvalue weighted by Crippen LogP contribution is -1.97. The van der Waals surface area contributed by atoms with Crippen LogP contribution >= 0.6 is 0 Å². The molecule has 0 atom stereocenters. The molecule has 21 heavy (non-hydrogen) atoms. The highest BCUT2D eigenvalue weighted by Crippen LogP contribution is 2.22. The van der Waals surface area contributed by atoms with E-state index in [1.54, 1.807) is 30.3 Å². The number of fused-ring (bicyclic) bond motifs is 1. The number of aromatic nitrogens is 1. The molecule has 0 aliphatic heterocycles. The topological polar surface area (TPSA) is 75.2 Å². The van der Waals surface area contributed by atoms with Crippen LogP contribution in [0, 0.1) is 16.2 Å². The van der Waals surface area contributed by atoms with Gasteiger partial charge in [0.2, 0.25) is 0 Å². The first-order valence-electron chi connectivity index (χ1n) is 6.22. The summed E-state index contributed by atoms with van der Waals surface area (Å²) in [6.07, 6.45) is 1.85. The van der Waals surface area contributed by atoms with Crippen molar-refractivity contribution in [2.75, 3.05) is 0 Å². The smallest absolute Gasteiger partial charge is 0.316 e. The van der Waals surface area contributed by atoms with Gasteiger partial charge in [0.1, 0.15) is 0 Å². The fourth-order valence-corrected chi connectivity index (χ4v) is 2.28. The number of carbonyl (C=O) groups excluding carboxylic acids is 1. The van der Waals surface area contributed by atoms with Gasteiger partial charge in [-0.3, -0.25) is 4.79 Å². The van der Waals surface area contributed by atoms with Gasteiger partial charge in [-0.25, -0.2) is 0 Å². The number of benzene rings is 2. The van der Waals surface area contributed by atoms with Gasteiger partial charge in [0.25, 0.3) is 0 Å². The van der Waals surface area contributed by atoms with E-state index in [1.165, 1.54) is 0 Å². The molecule has 0 spiro atoms. The normalized spacial score (nSPS) is 10.2. The minimum atomic E-state index is -0.792. The van der Waals surface area contributed by atoms with E-state index < -0.39 is 5.91 Å². The number of amides is 1. The van der Waals surface area contributed by atoms with E-state index in [0.717, 1.165) is 16.6 Å². The van der Waals surface area contributed by atoms with Crippen molar-refractivity contribution < 1.29 is 4.79 Å². The molecular weight excluding hydrogens is 266 g/mol. The van der Waals surface area contributed by atoms with Gasteiger partial charge in [0, 0.05) is 28.0 Å². The van der Waals surface area contributed by atoms with Crippen LogP contribution < -0.4 is 0 Å². The molecule has 5 nitrogen and oxygen atoms in total. The highest BCUT2D eigenvalue weighted by atomic mass is 16.3. The highest BCUT2D eigenvalue weighted by molar-refractivity contribution is 5.95. The second kappa shape index (κ2) is 5.02. The van der Waals surface area contributed by atoms with Gasteiger partial charge in [-0.15, -0.1) is 4.91 Å². The van der Waals surface area contributed by atoms with E-state index in [9.17, 15) is 9.70 Å². The average molecular weight is 275 g/mol. The first-order chi connectivity index (χ1) is 10.2. The van der Waals surface area contributed by atoms with Crippen LogP contribution in [0.3, 0.4) is 0 Å². The van der Waals surface area contributed by atoms with Crippen LogP contribution in [0.15, 0.2) is 59.9 Å². The third-order valence-corrected chi connectivity index (χ3v) is 3.27. The van der Waals surface area contributed by atoms with Crippen molar-refractivity contribution >= 4 is 16.8 Å². The van der Waals surface area contributed by atoms with E-state index in [4.69, 9.17) is 5.26 Å². The third kappa shape index (κ3) is 2.19. The lowest BCUT2D eigenvalue weighted by atomic mass is 10.1. The predicted molar refractivity (Wildman–Crippen MR) is 78.1 cm³/mol. The fourth-order valence-electron chi connectivity index (χ4n) is 2.28. The average Bonchev–Trinajstić information content (AvgIpc) is 2.97. The Hall–Kier alpha value is -3.26. The summed E-state index contributed by atoms with van der Waals surface area (Å²) in [4.78, 5) is 21.7. The molecule has 0 fully saturated rings. The molecule has 100 valence electrons. The third-order valence-electron chi connectivity index (χ3n) is 3.27. The van der Waals surface area contributed by atoms with Gasteiger partial charge in [-0.05, 0) is 42.5 Å². The second-order valence-electron chi connectivity index (χ2n) is 4.52. The minimum absolute atomic E-state index is 0.248. The first-order valence-corrected chi connectivity index (χ1v) is 6.22. The number of hydrogen-bond donors (Lipinski definition) is 0. The minimum Gasteiger partial charge on any atom is -0.317 e. The quantitative estimate of drug-likeness (QED) is 0.672. The number of hydrogen-bond acceptors (Lipinski definition) is 3. The molecule has 3 aromatic rings. The highest BCUT2D eigenvalue weighted by Gasteiger charge is 2.09. The van der Waals surface area contributed by atoms with Crippen molar-refractivity contribution in [3.63, 3.8) is 0 Å². The Balaban J connectivity index is 2.15. The van der Waals surface area contributed by atoms with E-state index in [-0.39, 0.29) is 5.56 Å². The largest absolute Gasteiger partial charge is 0.317 e. The second-order valence-corrected chi connectivity index (χ2v) is 4.52. The van der Waals surface area contributed by atoms with Crippen molar-refractivity contribution in [1.29, 1.82) is 5.26 Å². The van der Waals surface area contributed by atoms with Gasteiger partial charge in [0.05, 0.1) is 17.1 Å². The molecule has 1 aromatic heterocycles. The fraction of sp³-hybridized carbons (Fsp3) is 0. The van der Waals surface area contributed by atoms with Crippen molar-refractivity contribution in [3.8, 4) is 11.8 Å². The van der Waals surface area contributed by atoms with Crippen LogP contribution in [-0.2, 0) is 0 Å². The summed E-state index contributed by atoms with van der Waals surface area (Å²) in [6.45, 7) is 0. The number of rotatable bonds is 2. The molecule has 5 heteroatoms. The number of nitroso groups, excluding NO2 is 1. The Morgan fingerprint density at radius 3 is 2.76 bits per heavy atom. The molecule has 0 unspecified atom stereocenters. The lowest BCUT2D eigenvalue weighted by Gasteiger charge is -2.06. The summed E-state index contributed by atoms with van der Waals surface area (Å²) in [6, 6.07) is 16.1. The zero-order valence-corrected chi connectivity index (χ0v) is 10.9. The standard InChI is InChI=1S/C16H9N3O2/c17-10-11-4-5-15-12(8-11)6-7-19(15)14-3-1-2-13(9-14)16(20)18-21/h1-9H. The molecule has 0 radical (unpaired) electrons. The van der Waals surface area contributed by atoms with Crippen LogP contribution in [0.5, 0.6) is 0 Å². The van der Waals surface area contributed by atoms with Crippen LogP contribution in [0.25, 0.3) is 16.6 Å². The Kier molecular flexibility index (Phi) is 3.05. The van der Waals surface area contributed by atoms with E-state index in [1.807, 2.05) is 29.0 Å². The van der Waals surface area contributed by atoms with E-state index >= 15 is 0 Å². The monoisotopic (exact) mass is 275 g/mol. The van der Waals surface area contributed by atoms with Crippen LogP contribution in [0.1, 0.15) is 15.9 Å². The first kappa shape index (κ1) is 12.8. The van der Waals surface area contributed by atoms with E-state index in [2.05, 4.69) is 11.2 Å². The van der Waals surface area contributed by atoms with Crippen molar-refractivity contribution in [1.82, 2.24) is 4.57 Å². The SMILES string of the molecule is N#Cc1ccc2c(ccn2-c2cccc(C(=O)N=O)c2)c1. The molecule has 0 aliphatic rings.